The standard InChI is InChI=1S/C14H16ClNO/c1-2-11-5-7-12(8-6-11)13-10-16-14(17-13)4-3-9-15/h5-8,10H,2-4,9H2,1H3. The largest absolute Gasteiger partial charge is 0.441 e. The number of aromatic nitrogens is 1. The zero-order valence-corrected chi connectivity index (χ0v) is 10.7. The summed E-state index contributed by atoms with van der Waals surface area (Å²) in [6.07, 6.45) is 4.54. The van der Waals surface area contributed by atoms with Crippen LogP contribution in [0.1, 0.15) is 24.8 Å². The Hall–Kier alpha value is -1.28. The highest BCUT2D eigenvalue weighted by atomic mass is 35.5. The Balaban J connectivity index is 2.12. The summed E-state index contributed by atoms with van der Waals surface area (Å²) in [5.74, 6) is 2.24. The van der Waals surface area contributed by atoms with Gasteiger partial charge in [-0.1, -0.05) is 31.2 Å². The van der Waals surface area contributed by atoms with Crippen LogP contribution < -0.4 is 0 Å². The van der Waals surface area contributed by atoms with Crippen LogP contribution in [-0.4, -0.2) is 10.9 Å². The van der Waals surface area contributed by atoms with Crippen molar-refractivity contribution in [1.82, 2.24) is 4.98 Å². The molecule has 1 heterocycles. The van der Waals surface area contributed by atoms with Gasteiger partial charge in [-0.15, -0.1) is 11.6 Å². The number of hydrogen-bond acceptors (Lipinski definition) is 2. The lowest BCUT2D eigenvalue weighted by Crippen LogP contribution is -1.84. The van der Waals surface area contributed by atoms with Gasteiger partial charge in [-0.25, -0.2) is 4.98 Å². The summed E-state index contributed by atoms with van der Waals surface area (Å²) in [7, 11) is 0. The third-order valence-corrected chi connectivity index (χ3v) is 2.99. The van der Waals surface area contributed by atoms with Crippen LogP contribution >= 0.6 is 11.6 Å². The molecule has 0 aliphatic rings. The predicted octanol–water partition coefficient (Wildman–Crippen LogP) is 4.08. The van der Waals surface area contributed by atoms with E-state index in [4.69, 9.17) is 16.0 Å². The number of rotatable bonds is 5. The Morgan fingerprint density at radius 1 is 1.24 bits per heavy atom. The fourth-order valence-electron chi connectivity index (χ4n) is 1.68. The number of aryl methyl sites for hydroxylation is 2. The Morgan fingerprint density at radius 2 is 2.00 bits per heavy atom. The molecule has 0 saturated heterocycles. The molecule has 17 heavy (non-hydrogen) atoms. The molecule has 2 aromatic rings. The summed E-state index contributed by atoms with van der Waals surface area (Å²) >= 11 is 5.64. The van der Waals surface area contributed by atoms with Crippen LogP contribution in [0.25, 0.3) is 11.3 Å². The molecule has 0 saturated carbocycles. The number of nitrogens with zero attached hydrogens (tertiary/aromatic N) is 1. The van der Waals surface area contributed by atoms with E-state index in [-0.39, 0.29) is 0 Å². The molecule has 0 amide bonds. The Kier molecular flexibility index (Phi) is 4.21. The van der Waals surface area contributed by atoms with Gasteiger partial charge in [-0.2, -0.15) is 0 Å². The van der Waals surface area contributed by atoms with Gasteiger partial charge < -0.3 is 4.42 Å². The highest BCUT2D eigenvalue weighted by molar-refractivity contribution is 6.17. The summed E-state index contributed by atoms with van der Waals surface area (Å²) in [6.45, 7) is 2.15. The SMILES string of the molecule is CCc1ccc(-c2cnc(CCCCl)o2)cc1. The Bertz CT molecular complexity index is 461. The van der Waals surface area contributed by atoms with Crippen LogP contribution in [-0.2, 0) is 12.8 Å². The first-order valence-corrected chi connectivity index (χ1v) is 6.47. The molecule has 2 rings (SSSR count). The van der Waals surface area contributed by atoms with Gasteiger partial charge in [-0.3, -0.25) is 0 Å². The highest BCUT2D eigenvalue weighted by Crippen LogP contribution is 2.21. The molecule has 90 valence electrons. The molecular weight excluding hydrogens is 234 g/mol. The lowest BCUT2D eigenvalue weighted by Gasteiger charge is -1.98. The molecule has 0 spiro atoms. The molecule has 0 bridgehead atoms. The maximum Gasteiger partial charge on any atom is 0.194 e. The van der Waals surface area contributed by atoms with Crippen molar-refractivity contribution in [3.8, 4) is 11.3 Å². The van der Waals surface area contributed by atoms with E-state index < -0.39 is 0 Å². The van der Waals surface area contributed by atoms with Gasteiger partial charge in [0.1, 0.15) is 0 Å². The highest BCUT2D eigenvalue weighted by Gasteiger charge is 2.05. The molecule has 0 radical (unpaired) electrons. The van der Waals surface area contributed by atoms with Gasteiger partial charge in [0.25, 0.3) is 0 Å². The van der Waals surface area contributed by atoms with Crippen LogP contribution in [0.3, 0.4) is 0 Å². The smallest absolute Gasteiger partial charge is 0.194 e. The Morgan fingerprint density at radius 3 is 2.65 bits per heavy atom. The van der Waals surface area contributed by atoms with Gasteiger partial charge in [0.05, 0.1) is 6.20 Å². The van der Waals surface area contributed by atoms with Gasteiger partial charge in [0, 0.05) is 17.9 Å². The summed E-state index contributed by atoms with van der Waals surface area (Å²) in [4.78, 5) is 4.25. The van der Waals surface area contributed by atoms with Crippen LogP contribution in [0, 0.1) is 0 Å². The summed E-state index contributed by atoms with van der Waals surface area (Å²) < 4.78 is 5.68. The lowest BCUT2D eigenvalue weighted by molar-refractivity contribution is 0.503. The number of halogens is 1. The molecule has 3 heteroatoms. The second kappa shape index (κ2) is 5.87. The second-order valence-corrected chi connectivity index (χ2v) is 4.34. The van der Waals surface area contributed by atoms with Crippen molar-refractivity contribution < 1.29 is 4.42 Å². The maximum absolute atomic E-state index is 5.68. The van der Waals surface area contributed by atoms with Crippen molar-refractivity contribution in [2.75, 3.05) is 5.88 Å². The summed E-state index contributed by atoms with van der Waals surface area (Å²) in [6, 6.07) is 8.39. The topological polar surface area (TPSA) is 26.0 Å². The predicted molar refractivity (Wildman–Crippen MR) is 70.4 cm³/mol. The summed E-state index contributed by atoms with van der Waals surface area (Å²) in [5.41, 5.74) is 2.41. The molecule has 0 aliphatic carbocycles. The summed E-state index contributed by atoms with van der Waals surface area (Å²) in [5, 5.41) is 0. The number of oxazole rings is 1. The van der Waals surface area contributed by atoms with Gasteiger partial charge >= 0.3 is 0 Å². The first-order chi connectivity index (χ1) is 8.33. The first-order valence-electron chi connectivity index (χ1n) is 5.93. The van der Waals surface area contributed by atoms with Gasteiger partial charge in [0.2, 0.25) is 0 Å². The van der Waals surface area contributed by atoms with Gasteiger partial charge in [-0.05, 0) is 18.4 Å². The van der Waals surface area contributed by atoms with Crippen LogP contribution in [0.15, 0.2) is 34.9 Å². The molecule has 0 N–H and O–H groups in total. The van der Waals surface area contributed by atoms with E-state index in [1.165, 1.54) is 5.56 Å². The minimum absolute atomic E-state index is 0.642. The molecule has 0 unspecified atom stereocenters. The fourth-order valence-corrected chi connectivity index (χ4v) is 1.82. The second-order valence-electron chi connectivity index (χ2n) is 3.96. The van der Waals surface area contributed by atoms with Crippen molar-refractivity contribution in [3.63, 3.8) is 0 Å². The van der Waals surface area contributed by atoms with E-state index in [1.54, 1.807) is 6.20 Å². The quantitative estimate of drug-likeness (QED) is 0.747. The zero-order chi connectivity index (χ0) is 12.1. The molecule has 0 fully saturated rings. The minimum atomic E-state index is 0.642. The van der Waals surface area contributed by atoms with Crippen molar-refractivity contribution in [2.24, 2.45) is 0 Å². The average molecular weight is 250 g/mol. The maximum atomic E-state index is 5.68. The molecule has 2 nitrogen and oxygen atoms in total. The van der Waals surface area contributed by atoms with Crippen molar-refractivity contribution in [3.05, 3.63) is 41.9 Å². The number of alkyl halides is 1. The van der Waals surface area contributed by atoms with E-state index >= 15 is 0 Å². The zero-order valence-electron chi connectivity index (χ0n) is 9.95. The first kappa shape index (κ1) is 12.2. The average Bonchev–Trinajstić information content (AvgIpc) is 2.85. The van der Waals surface area contributed by atoms with Crippen molar-refractivity contribution in [2.45, 2.75) is 26.2 Å². The van der Waals surface area contributed by atoms with Crippen molar-refractivity contribution in [1.29, 1.82) is 0 Å². The third kappa shape index (κ3) is 3.10. The van der Waals surface area contributed by atoms with E-state index in [9.17, 15) is 0 Å². The molecular formula is C14H16ClNO. The minimum Gasteiger partial charge on any atom is -0.441 e. The van der Waals surface area contributed by atoms with Gasteiger partial charge in [0.15, 0.2) is 11.7 Å². The van der Waals surface area contributed by atoms with Crippen LogP contribution in [0.2, 0.25) is 0 Å². The third-order valence-electron chi connectivity index (χ3n) is 2.72. The van der Waals surface area contributed by atoms with E-state index in [0.717, 1.165) is 36.5 Å². The van der Waals surface area contributed by atoms with Crippen LogP contribution in [0.5, 0.6) is 0 Å². The number of benzene rings is 1. The number of hydrogen-bond donors (Lipinski definition) is 0. The Labute approximate surface area is 107 Å². The van der Waals surface area contributed by atoms with E-state index in [1.807, 2.05) is 0 Å². The molecule has 1 aromatic carbocycles. The normalized spacial score (nSPS) is 10.7. The molecule has 1 aromatic heterocycles. The lowest BCUT2D eigenvalue weighted by atomic mass is 10.1. The van der Waals surface area contributed by atoms with E-state index in [2.05, 4.69) is 36.2 Å². The fraction of sp³-hybridized carbons (Fsp3) is 0.357. The van der Waals surface area contributed by atoms with Crippen molar-refractivity contribution >= 4 is 11.6 Å². The van der Waals surface area contributed by atoms with Crippen LogP contribution in [0.4, 0.5) is 0 Å². The monoisotopic (exact) mass is 249 g/mol. The molecule has 0 aliphatic heterocycles. The molecule has 0 atom stereocenters. The van der Waals surface area contributed by atoms with E-state index in [0.29, 0.717) is 5.88 Å².